The topological polar surface area (TPSA) is 3.88 Å². The van der Waals surface area contributed by atoms with Gasteiger partial charge in [0.2, 0.25) is 5.69 Å². The average molecular weight is 240 g/mol. The van der Waals surface area contributed by atoms with Crippen molar-refractivity contribution in [3.63, 3.8) is 0 Å². The third kappa shape index (κ3) is 1.75. The molecule has 2 heterocycles. The number of rotatable bonds is 1. The van der Waals surface area contributed by atoms with Crippen molar-refractivity contribution in [1.82, 2.24) is 0 Å². The Morgan fingerprint density at radius 1 is 1.12 bits per heavy atom. The normalized spacial score (nSPS) is 10.9. The van der Waals surface area contributed by atoms with E-state index in [9.17, 15) is 0 Å². The van der Waals surface area contributed by atoms with Gasteiger partial charge in [-0.3, -0.25) is 0 Å². The summed E-state index contributed by atoms with van der Waals surface area (Å²) in [5, 5.41) is 3.46. The Hall–Kier alpha value is -1.67. The van der Waals surface area contributed by atoms with E-state index in [0.29, 0.717) is 0 Å². The third-order valence-corrected chi connectivity index (χ3v) is 4.01. The zero-order valence-electron chi connectivity index (χ0n) is 9.97. The van der Waals surface area contributed by atoms with Crippen molar-refractivity contribution in [2.75, 3.05) is 0 Å². The molecular weight excluding hydrogens is 226 g/mol. The van der Waals surface area contributed by atoms with Crippen LogP contribution >= 0.6 is 11.3 Å². The maximum Gasteiger partial charge on any atom is 0.213 e. The van der Waals surface area contributed by atoms with E-state index in [2.05, 4.69) is 66.5 Å². The number of nitrogens with zero attached hydrogens (tertiary/aromatic N) is 1. The van der Waals surface area contributed by atoms with Gasteiger partial charge >= 0.3 is 0 Å². The largest absolute Gasteiger partial charge is 0.213 e. The number of hydrogen-bond donors (Lipinski definition) is 0. The van der Waals surface area contributed by atoms with E-state index < -0.39 is 0 Å². The second kappa shape index (κ2) is 3.97. The van der Waals surface area contributed by atoms with E-state index in [4.69, 9.17) is 0 Å². The number of aromatic nitrogens is 1. The van der Waals surface area contributed by atoms with Gasteiger partial charge in [0.25, 0.3) is 0 Å². The smallest absolute Gasteiger partial charge is 0.200 e. The van der Waals surface area contributed by atoms with Gasteiger partial charge in [0.05, 0.1) is 5.39 Å². The van der Waals surface area contributed by atoms with E-state index in [0.717, 1.165) is 0 Å². The predicted octanol–water partition coefficient (Wildman–Crippen LogP) is 3.70. The standard InChI is InChI=1S/C15H14NS/c1-11-5-3-4-6-13(11)14-9-15-12(7-8-17-15)10-16(14)2/h3-10H,1-2H3/q+1. The molecule has 3 aromatic rings. The SMILES string of the molecule is Cc1ccccc1-c1cc2sccc2c[n+]1C. The summed E-state index contributed by atoms with van der Waals surface area (Å²) in [6.45, 7) is 2.16. The summed E-state index contributed by atoms with van der Waals surface area (Å²) in [6.07, 6.45) is 2.20. The quantitative estimate of drug-likeness (QED) is 0.571. The molecule has 17 heavy (non-hydrogen) atoms. The van der Waals surface area contributed by atoms with Gasteiger partial charge in [0.15, 0.2) is 6.20 Å². The summed E-state index contributed by atoms with van der Waals surface area (Å²) in [5.74, 6) is 0. The van der Waals surface area contributed by atoms with Gasteiger partial charge in [0, 0.05) is 16.3 Å². The Balaban J connectivity index is 2.30. The molecule has 2 heteroatoms. The van der Waals surface area contributed by atoms with Crippen LogP contribution in [0, 0.1) is 6.92 Å². The van der Waals surface area contributed by atoms with Crippen molar-refractivity contribution in [3.05, 3.63) is 53.5 Å². The minimum atomic E-state index is 1.28. The average Bonchev–Trinajstić information content (AvgIpc) is 2.76. The van der Waals surface area contributed by atoms with Gasteiger partial charge in [-0.1, -0.05) is 18.2 Å². The molecule has 0 spiro atoms. The van der Waals surface area contributed by atoms with E-state index in [-0.39, 0.29) is 0 Å². The van der Waals surface area contributed by atoms with E-state index in [1.54, 1.807) is 11.3 Å². The predicted molar refractivity (Wildman–Crippen MR) is 73.2 cm³/mol. The number of benzene rings is 1. The Morgan fingerprint density at radius 2 is 1.94 bits per heavy atom. The third-order valence-electron chi connectivity index (χ3n) is 3.13. The maximum absolute atomic E-state index is 2.28. The van der Waals surface area contributed by atoms with Crippen LogP contribution in [0.5, 0.6) is 0 Å². The monoisotopic (exact) mass is 240 g/mol. The molecule has 0 N–H and O–H groups in total. The van der Waals surface area contributed by atoms with Gasteiger partial charge in [-0.2, -0.15) is 0 Å². The summed E-state index contributed by atoms with van der Waals surface area (Å²) in [6, 6.07) is 13.0. The van der Waals surface area contributed by atoms with Gasteiger partial charge < -0.3 is 0 Å². The first-order chi connectivity index (χ1) is 8.25. The molecule has 3 rings (SSSR count). The van der Waals surface area contributed by atoms with Crippen LogP contribution in [0.1, 0.15) is 5.56 Å². The Labute approximate surface area is 105 Å². The summed E-state index contributed by atoms with van der Waals surface area (Å²) >= 11 is 1.80. The molecule has 2 aromatic heterocycles. The Bertz CT molecular complexity index is 682. The van der Waals surface area contributed by atoms with Crippen molar-refractivity contribution in [2.24, 2.45) is 7.05 Å². The summed E-state index contributed by atoms with van der Waals surface area (Å²) in [7, 11) is 2.11. The molecule has 0 bridgehead atoms. The van der Waals surface area contributed by atoms with Crippen LogP contribution < -0.4 is 4.57 Å². The van der Waals surface area contributed by atoms with Crippen LogP contribution in [0.4, 0.5) is 0 Å². The molecular formula is C15H14NS+. The highest BCUT2D eigenvalue weighted by Crippen LogP contribution is 2.26. The lowest BCUT2D eigenvalue weighted by atomic mass is 10.0. The summed E-state index contributed by atoms with van der Waals surface area (Å²) in [5.41, 5.74) is 3.90. The maximum atomic E-state index is 2.28. The van der Waals surface area contributed by atoms with Gasteiger partial charge in [-0.05, 0) is 30.0 Å². The van der Waals surface area contributed by atoms with Crippen LogP contribution in [0.3, 0.4) is 0 Å². The molecule has 0 aliphatic carbocycles. The number of pyridine rings is 1. The highest BCUT2D eigenvalue weighted by atomic mass is 32.1. The highest BCUT2D eigenvalue weighted by Gasteiger charge is 2.13. The molecule has 0 radical (unpaired) electrons. The number of hydrogen-bond acceptors (Lipinski definition) is 1. The summed E-state index contributed by atoms with van der Waals surface area (Å²) < 4.78 is 3.55. The molecule has 0 aliphatic heterocycles. The zero-order valence-corrected chi connectivity index (χ0v) is 10.8. The molecule has 1 aromatic carbocycles. The van der Waals surface area contributed by atoms with Crippen molar-refractivity contribution < 1.29 is 4.57 Å². The van der Waals surface area contributed by atoms with E-state index in [1.807, 2.05) is 0 Å². The molecule has 0 saturated heterocycles. The first kappa shape index (κ1) is 10.5. The first-order valence-electron chi connectivity index (χ1n) is 5.68. The lowest BCUT2D eigenvalue weighted by Gasteiger charge is -2.03. The fourth-order valence-electron chi connectivity index (χ4n) is 2.19. The van der Waals surface area contributed by atoms with Crippen LogP contribution in [0.25, 0.3) is 21.3 Å². The number of fused-ring (bicyclic) bond motifs is 1. The molecule has 1 nitrogen and oxygen atoms in total. The van der Waals surface area contributed by atoms with Crippen LogP contribution in [0.2, 0.25) is 0 Å². The fourth-order valence-corrected chi connectivity index (χ4v) is 2.98. The van der Waals surface area contributed by atoms with Crippen LogP contribution in [-0.2, 0) is 7.05 Å². The molecule has 0 unspecified atom stereocenters. The second-order valence-electron chi connectivity index (χ2n) is 4.32. The second-order valence-corrected chi connectivity index (χ2v) is 5.27. The minimum Gasteiger partial charge on any atom is -0.200 e. The number of aryl methyl sites for hydroxylation is 2. The molecule has 0 amide bonds. The van der Waals surface area contributed by atoms with Gasteiger partial charge in [0.1, 0.15) is 7.05 Å². The highest BCUT2D eigenvalue weighted by molar-refractivity contribution is 7.17. The van der Waals surface area contributed by atoms with Crippen LogP contribution in [-0.4, -0.2) is 0 Å². The van der Waals surface area contributed by atoms with E-state index in [1.165, 1.54) is 26.9 Å². The lowest BCUT2D eigenvalue weighted by molar-refractivity contribution is -0.659. The van der Waals surface area contributed by atoms with Crippen molar-refractivity contribution in [2.45, 2.75) is 6.92 Å². The Morgan fingerprint density at radius 3 is 2.76 bits per heavy atom. The van der Waals surface area contributed by atoms with Crippen LogP contribution in [0.15, 0.2) is 48.0 Å². The molecule has 0 atom stereocenters. The fraction of sp³-hybridized carbons (Fsp3) is 0.133. The van der Waals surface area contributed by atoms with E-state index >= 15 is 0 Å². The minimum absolute atomic E-state index is 1.28. The summed E-state index contributed by atoms with van der Waals surface area (Å²) in [4.78, 5) is 0. The van der Waals surface area contributed by atoms with Gasteiger partial charge in [-0.25, -0.2) is 4.57 Å². The molecule has 84 valence electrons. The molecule has 0 aliphatic rings. The van der Waals surface area contributed by atoms with Crippen molar-refractivity contribution >= 4 is 21.4 Å². The van der Waals surface area contributed by atoms with Crippen molar-refractivity contribution in [3.8, 4) is 11.3 Å². The van der Waals surface area contributed by atoms with Crippen molar-refractivity contribution in [1.29, 1.82) is 0 Å². The first-order valence-corrected chi connectivity index (χ1v) is 6.56. The lowest BCUT2D eigenvalue weighted by Crippen LogP contribution is -2.30. The van der Waals surface area contributed by atoms with Gasteiger partial charge in [-0.15, -0.1) is 11.3 Å². The number of thiophene rings is 1. The Kier molecular flexibility index (Phi) is 2.45. The zero-order chi connectivity index (χ0) is 11.8. The molecule has 0 fully saturated rings. The molecule has 0 saturated carbocycles.